The number of pyridine rings is 1. The van der Waals surface area contributed by atoms with Gasteiger partial charge in [0.05, 0.1) is 19.0 Å². The molecule has 1 aromatic carbocycles. The molecular formula is C19H20F4N2O3. The minimum absolute atomic E-state index is 0.101. The highest BCUT2D eigenvalue weighted by molar-refractivity contribution is 5.94. The third kappa shape index (κ3) is 5.58. The van der Waals surface area contributed by atoms with E-state index in [1.54, 1.807) is 20.8 Å². The van der Waals surface area contributed by atoms with Crippen molar-refractivity contribution >= 4 is 11.8 Å². The lowest BCUT2D eigenvalue weighted by molar-refractivity contribution is -0.119. The van der Waals surface area contributed by atoms with E-state index in [0.29, 0.717) is 10.5 Å². The summed E-state index contributed by atoms with van der Waals surface area (Å²) in [7, 11) is 1.31. The molecule has 0 atom stereocenters. The molecule has 0 aliphatic heterocycles. The van der Waals surface area contributed by atoms with Crippen LogP contribution in [-0.4, -0.2) is 36.5 Å². The van der Waals surface area contributed by atoms with E-state index in [-0.39, 0.29) is 17.0 Å². The molecule has 0 spiro atoms. The van der Waals surface area contributed by atoms with E-state index in [0.717, 1.165) is 18.3 Å². The van der Waals surface area contributed by atoms with Crippen LogP contribution in [0.4, 0.5) is 28.0 Å². The Morgan fingerprint density at radius 2 is 1.82 bits per heavy atom. The van der Waals surface area contributed by atoms with E-state index in [2.05, 4.69) is 4.98 Å². The maximum absolute atomic E-state index is 13.5. The lowest BCUT2D eigenvalue weighted by atomic mass is 10.0. The molecule has 0 saturated heterocycles. The number of carbonyl (C=O) groups is 1. The van der Waals surface area contributed by atoms with Gasteiger partial charge in [-0.3, -0.25) is 9.88 Å². The first-order valence-corrected chi connectivity index (χ1v) is 8.26. The van der Waals surface area contributed by atoms with E-state index in [9.17, 15) is 22.4 Å². The molecule has 2 aromatic rings. The summed E-state index contributed by atoms with van der Waals surface area (Å²) in [5.74, 6) is -0.473. The van der Waals surface area contributed by atoms with Crippen LogP contribution < -0.4 is 9.64 Å². The summed E-state index contributed by atoms with van der Waals surface area (Å²) in [6.45, 7) is 3.06. The SMILES string of the molecule is COc1cc(F)ccc1-c1ccncc1N(CC(F)(F)F)C(=O)OC(C)(C)C. The van der Waals surface area contributed by atoms with Gasteiger partial charge in [0.25, 0.3) is 0 Å². The van der Waals surface area contributed by atoms with E-state index in [1.165, 1.54) is 25.4 Å². The second-order valence-corrected chi connectivity index (χ2v) is 6.92. The first-order valence-electron chi connectivity index (χ1n) is 8.26. The van der Waals surface area contributed by atoms with Crippen LogP contribution in [-0.2, 0) is 4.74 Å². The van der Waals surface area contributed by atoms with Crippen LogP contribution in [0.2, 0.25) is 0 Å². The van der Waals surface area contributed by atoms with E-state index in [4.69, 9.17) is 9.47 Å². The highest BCUT2D eigenvalue weighted by Gasteiger charge is 2.37. The fourth-order valence-electron chi connectivity index (χ4n) is 2.46. The normalized spacial score (nSPS) is 11.9. The number of hydrogen-bond donors (Lipinski definition) is 0. The molecule has 1 amide bonds. The van der Waals surface area contributed by atoms with Crippen LogP contribution >= 0.6 is 0 Å². The monoisotopic (exact) mass is 400 g/mol. The molecule has 152 valence electrons. The summed E-state index contributed by atoms with van der Waals surface area (Å²) < 4.78 is 63.3. The average molecular weight is 400 g/mol. The summed E-state index contributed by atoms with van der Waals surface area (Å²) in [5.41, 5.74) is -0.630. The molecule has 0 N–H and O–H groups in total. The smallest absolute Gasteiger partial charge is 0.415 e. The molecule has 0 bridgehead atoms. The molecule has 0 radical (unpaired) electrons. The second kappa shape index (κ2) is 8.04. The zero-order chi connectivity index (χ0) is 21.1. The number of hydrogen-bond acceptors (Lipinski definition) is 4. The van der Waals surface area contributed by atoms with Crippen molar-refractivity contribution in [2.45, 2.75) is 32.5 Å². The van der Waals surface area contributed by atoms with Crippen molar-refractivity contribution < 1.29 is 31.8 Å². The zero-order valence-corrected chi connectivity index (χ0v) is 15.8. The topological polar surface area (TPSA) is 51.7 Å². The first kappa shape index (κ1) is 21.5. The van der Waals surface area contributed by atoms with Crippen LogP contribution in [0.3, 0.4) is 0 Å². The fourth-order valence-corrected chi connectivity index (χ4v) is 2.46. The van der Waals surface area contributed by atoms with E-state index < -0.39 is 30.2 Å². The number of anilines is 1. The Hall–Kier alpha value is -2.84. The van der Waals surface area contributed by atoms with Gasteiger partial charge in [-0.05, 0) is 39.0 Å². The van der Waals surface area contributed by atoms with Gasteiger partial charge in [-0.1, -0.05) is 0 Å². The Bertz CT molecular complexity index is 848. The van der Waals surface area contributed by atoms with Crippen LogP contribution in [0.1, 0.15) is 20.8 Å². The molecule has 0 saturated carbocycles. The Morgan fingerprint density at radius 3 is 2.39 bits per heavy atom. The number of aromatic nitrogens is 1. The maximum atomic E-state index is 13.5. The predicted molar refractivity (Wildman–Crippen MR) is 95.8 cm³/mol. The number of amides is 1. The summed E-state index contributed by atoms with van der Waals surface area (Å²) >= 11 is 0. The van der Waals surface area contributed by atoms with Crippen molar-refractivity contribution in [3.63, 3.8) is 0 Å². The second-order valence-electron chi connectivity index (χ2n) is 6.92. The van der Waals surface area contributed by atoms with Crippen molar-refractivity contribution in [1.82, 2.24) is 4.98 Å². The zero-order valence-electron chi connectivity index (χ0n) is 15.8. The van der Waals surface area contributed by atoms with Crippen LogP contribution in [0, 0.1) is 5.82 Å². The number of methoxy groups -OCH3 is 1. The molecule has 2 rings (SSSR count). The number of carbonyl (C=O) groups excluding carboxylic acids is 1. The van der Waals surface area contributed by atoms with Gasteiger partial charge < -0.3 is 9.47 Å². The number of rotatable bonds is 4. The van der Waals surface area contributed by atoms with Gasteiger partial charge in [0, 0.05) is 23.4 Å². The van der Waals surface area contributed by atoms with Gasteiger partial charge in [0.1, 0.15) is 23.7 Å². The highest BCUT2D eigenvalue weighted by atomic mass is 19.4. The minimum atomic E-state index is -4.68. The van der Waals surface area contributed by atoms with Crippen molar-refractivity contribution in [3.8, 4) is 16.9 Å². The molecule has 1 heterocycles. The predicted octanol–water partition coefficient (Wildman–Crippen LogP) is 5.20. The summed E-state index contributed by atoms with van der Waals surface area (Å²) in [5, 5.41) is 0. The number of benzene rings is 1. The molecule has 1 aromatic heterocycles. The first-order chi connectivity index (χ1) is 12.9. The molecule has 9 heteroatoms. The number of alkyl halides is 3. The number of nitrogens with zero attached hydrogens (tertiary/aromatic N) is 2. The summed E-state index contributed by atoms with van der Waals surface area (Å²) in [6, 6.07) is 5.01. The average Bonchev–Trinajstić information content (AvgIpc) is 2.57. The number of ether oxygens (including phenoxy) is 2. The van der Waals surface area contributed by atoms with E-state index >= 15 is 0 Å². The van der Waals surface area contributed by atoms with Crippen molar-refractivity contribution in [3.05, 3.63) is 42.5 Å². The van der Waals surface area contributed by atoms with Crippen molar-refractivity contribution in [2.75, 3.05) is 18.6 Å². The molecule has 0 aliphatic carbocycles. The highest BCUT2D eigenvalue weighted by Crippen LogP contribution is 2.38. The van der Waals surface area contributed by atoms with Gasteiger partial charge in [-0.25, -0.2) is 9.18 Å². The summed E-state index contributed by atoms with van der Waals surface area (Å²) in [6.07, 6.45) is -3.40. The van der Waals surface area contributed by atoms with Gasteiger partial charge in [0.2, 0.25) is 0 Å². The Labute approximate surface area is 159 Å². The largest absolute Gasteiger partial charge is 0.496 e. The maximum Gasteiger partial charge on any atom is 0.415 e. The summed E-state index contributed by atoms with van der Waals surface area (Å²) in [4.78, 5) is 16.8. The minimum Gasteiger partial charge on any atom is -0.496 e. The van der Waals surface area contributed by atoms with Crippen LogP contribution in [0.25, 0.3) is 11.1 Å². The van der Waals surface area contributed by atoms with Crippen molar-refractivity contribution in [1.29, 1.82) is 0 Å². The van der Waals surface area contributed by atoms with Gasteiger partial charge in [-0.2, -0.15) is 13.2 Å². The van der Waals surface area contributed by atoms with Gasteiger partial charge in [0.15, 0.2) is 0 Å². The lowest BCUT2D eigenvalue weighted by Crippen LogP contribution is -2.42. The Kier molecular flexibility index (Phi) is 6.16. The third-order valence-corrected chi connectivity index (χ3v) is 3.50. The fraction of sp³-hybridized carbons (Fsp3) is 0.368. The molecule has 5 nitrogen and oxygen atoms in total. The molecular weight excluding hydrogens is 380 g/mol. The van der Waals surface area contributed by atoms with Crippen molar-refractivity contribution in [2.24, 2.45) is 0 Å². The van der Waals surface area contributed by atoms with Gasteiger partial charge >= 0.3 is 12.3 Å². The molecule has 0 aliphatic rings. The van der Waals surface area contributed by atoms with E-state index in [1.807, 2.05) is 0 Å². The Balaban J connectivity index is 2.61. The quantitative estimate of drug-likeness (QED) is 0.662. The number of halogens is 4. The van der Waals surface area contributed by atoms with Gasteiger partial charge in [-0.15, -0.1) is 0 Å². The third-order valence-electron chi connectivity index (χ3n) is 3.50. The molecule has 28 heavy (non-hydrogen) atoms. The standard InChI is InChI=1S/C19H20F4N2O3/c1-18(2,3)28-17(26)25(11-19(21,22)23)15-10-24-8-7-13(15)14-6-5-12(20)9-16(14)27-4/h5-10H,11H2,1-4H3. The lowest BCUT2D eigenvalue weighted by Gasteiger charge is -2.29. The van der Waals surface area contributed by atoms with Crippen LogP contribution in [0.5, 0.6) is 5.75 Å². The Morgan fingerprint density at radius 1 is 1.14 bits per heavy atom. The molecule has 0 fully saturated rings. The van der Waals surface area contributed by atoms with Crippen LogP contribution in [0.15, 0.2) is 36.7 Å². The molecule has 0 unspecified atom stereocenters.